The molecule has 152 valence electrons. The number of amides is 1. The van der Waals surface area contributed by atoms with E-state index in [1.165, 1.54) is 4.57 Å². The van der Waals surface area contributed by atoms with Crippen LogP contribution in [0.2, 0.25) is 10.0 Å². The molecule has 0 aliphatic heterocycles. The average molecular weight is 452 g/mol. The SMILES string of the molecule is CC(O)Cn1c(SC(C)C(=O)Nc2cccc(Cl)c2)nc2cc(Cl)ccc2c1=O. The summed E-state index contributed by atoms with van der Waals surface area (Å²) in [6.45, 7) is 3.36. The lowest BCUT2D eigenvalue weighted by Crippen LogP contribution is -2.29. The lowest BCUT2D eigenvalue weighted by atomic mass is 10.2. The first-order valence-electron chi connectivity index (χ1n) is 8.86. The van der Waals surface area contributed by atoms with E-state index in [9.17, 15) is 14.7 Å². The number of anilines is 1. The molecule has 2 atom stereocenters. The zero-order chi connectivity index (χ0) is 21.1. The third-order valence-corrected chi connectivity index (χ3v) is 5.63. The second kappa shape index (κ2) is 9.17. The van der Waals surface area contributed by atoms with Crippen LogP contribution in [0.1, 0.15) is 13.8 Å². The Labute approximate surface area is 181 Å². The van der Waals surface area contributed by atoms with Gasteiger partial charge in [-0.25, -0.2) is 4.98 Å². The molecular weight excluding hydrogens is 433 g/mol. The molecule has 6 nitrogen and oxygen atoms in total. The van der Waals surface area contributed by atoms with E-state index in [-0.39, 0.29) is 18.0 Å². The zero-order valence-electron chi connectivity index (χ0n) is 15.7. The molecule has 0 bridgehead atoms. The van der Waals surface area contributed by atoms with Crippen molar-refractivity contribution in [1.29, 1.82) is 0 Å². The molecule has 2 aromatic carbocycles. The Balaban J connectivity index is 1.92. The Morgan fingerprint density at radius 3 is 2.62 bits per heavy atom. The van der Waals surface area contributed by atoms with Gasteiger partial charge >= 0.3 is 0 Å². The molecule has 0 aliphatic rings. The molecule has 0 saturated heterocycles. The normalized spacial score (nSPS) is 13.3. The van der Waals surface area contributed by atoms with Gasteiger partial charge in [0.25, 0.3) is 5.56 Å². The molecule has 3 rings (SSSR count). The van der Waals surface area contributed by atoms with Gasteiger partial charge in [0.1, 0.15) is 0 Å². The maximum atomic E-state index is 12.9. The van der Waals surface area contributed by atoms with Gasteiger partial charge in [0, 0.05) is 15.7 Å². The molecule has 29 heavy (non-hydrogen) atoms. The number of thioether (sulfide) groups is 1. The van der Waals surface area contributed by atoms with Gasteiger partial charge in [-0.2, -0.15) is 0 Å². The molecule has 3 aromatic rings. The molecule has 0 radical (unpaired) electrons. The van der Waals surface area contributed by atoms with Crippen molar-refractivity contribution < 1.29 is 9.90 Å². The number of carbonyl (C=O) groups excluding carboxylic acids is 1. The fourth-order valence-electron chi connectivity index (χ4n) is 2.71. The summed E-state index contributed by atoms with van der Waals surface area (Å²) in [7, 11) is 0. The lowest BCUT2D eigenvalue weighted by Gasteiger charge is -2.17. The Bertz CT molecular complexity index is 1120. The van der Waals surface area contributed by atoms with Crippen molar-refractivity contribution in [3.8, 4) is 0 Å². The van der Waals surface area contributed by atoms with Crippen LogP contribution in [0.15, 0.2) is 52.4 Å². The number of rotatable bonds is 6. The fourth-order valence-corrected chi connectivity index (χ4v) is 3.99. The van der Waals surface area contributed by atoms with Gasteiger partial charge < -0.3 is 10.4 Å². The third-order valence-electron chi connectivity index (χ3n) is 4.07. The summed E-state index contributed by atoms with van der Waals surface area (Å²) in [5.74, 6) is -0.263. The van der Waals surface area contributed by atoms with Crippen molar-refractivity contribution in [2.45, 2.75) is 36.9 Å². The molecule has 0 spiro atoms. The van der Waals surface area contributed by atoms with Crippen molar-refractivity contribution in [3.05, 3.63) is 62.9 Å². The highest BCUT2D eigenvalue weighted by atomic mass is 35.5. The van der Waals surface area contributed by atoms with Crippen LogP contribution in [0.25, 0.3) is 10.9 Å². The fraction of sp³-hybridized carbons (Fsp3) is 0.250. The number of nitrogens with one attached hydrogen (secondary N) is 1. The Hall–Kier alpha value is -2.06. The van der Waals surface area contributed by atoms with Gasteiger partial charge in [-0.15, -0.1) is 0 Å². The number of aliphatic hydroxyl groups is 1. The first-order valence-corrected chi connectivity index (χ1v) is 10.5. The number of hydrogen-bond acceptors (Lipinski definition) is 5. The number of halogens is 2. The largest absolute Gasteiger partial charge is 0.392 e. The van der Waals surface area contributed by atoms with E-state index < -0.39 is 11.4 Å². The molecule has 1 aromatic heterocycles. The van der Waals surface area contributed by atoms with E-state index >= 15 is 0 Å². The van der Waals surface area contributed by atoms with Crippen LogP contribution in [0.5, 0.6) is 0 Å². The Kier molecular flexibility index (Phi) is 6.85. The highest BCUT2D eigenvalue weighted by molar-refractivity contribution is 8.00. The summed E-state index contributed by atoms with van der Waals surface area (Å²) >= 11 is 13.1. The number of carbonyl (C=O) groups is 1. The Morgan fingerprint density at radius 2 is 1.93 bits per heavy atom. The summed E-state index contributed by atoms with van der Waals surface area (Å²) in [6, 6.07) is 11.7. The van der Waals surface area contributed by atoms with Crippen LogP contribution in [0.3, 0.4) is 0 Å². The first-order chi connectivity index (χ1) is 13.7. The molecule has 9 heteroatoms. The van der Waals surface area contributed by atoms with Crippen LogP contribution in [0, 0.1) is 0 Å². The van der Waals surface area contributed by atoms with Crippen LogP contribution < -0.4 is 10.9 Å². The summed E-state index contributed by atoms with van der Waals surface area (Å²) in [4.78, 5) is 30.0. The molecule has 2 N–H and O–H groups in total. The van der Waals surface area contributed by atoms with Gasteiger partial charge in [-0.3, -0.25) is 14.2 Å². The maximum absolute atomic E-state index is 12.9. The predicted octanol–water partition coefficient (Wildman–Crippen LogP) is 4.20. The molecule has 2 unspecified atom stereocenters. The monoisotopic (exact) mass is 451 g/mol. The molecule has 1 amide bonds. The third kappa shape index (κ3) is 5.30. The number of fused-ring (bicyclic) bond motifs is 1. The smallest absolute Gasteiger partial charge is 0.262 e. The van der Waals surface area contributed by atoms with Crippen molar-refractivity contribution in [2.75, 3.05) is 5.32 Å². The van der Waals surface area contributed by atoms with Gasteiger partial charge in [0.15, 0.2) is 5.16 Å². The van der Waals surface area contributed by atoms with Gasteiger partial charge in [-0.05, 0) is 50.2 Å². The van der Waals surface area contributed by atoms with Gasteiger partial charge in [0.05, 0.1) is 28.8 Å². The standard InChI is InChI=1S/C20H19Cl2N3O3S/c1-11(26)10-25-19(28)16-7-6-14(22)9-17(16)24-20(25)29-12(2)18(27)23-15-5-3-4-13(21)8-15/h3-9,11-12,26H,10H2,1-2H3,(H,23,27). The summed E-state index contributed by atoms with van der Waals surface area (Å²) in [5.41, 5.74) is 0.724. The quantitative estimate of drug-likeness (QED) is 0.433. The number of benzene rings is 2. The maximum Gasteiger partial charge on any atom is 0.262 e. The van der Waals surface area contributed by atoms with Crippen LogP contribution in [-0.4, -0.2) is 31.9 Å². The zero-order valence-corrected chi connectivity index (χ0v) is 18.1. The minimum atomic E-state index is -0.755. The van der Waals surface area contributed by atoms with Crippen molar-refractivity contribution in [3.63, 3.8) is 0 Å². The second-order valence-corrected chi connectivity index (χ2v) is 8.76. The van der Waals surface area contributed by atoms with E-state index in [0.717, 1.165) is 11.8 Å². The highest BCUT2D eigenvalue weighted by Gasteiger charge is 2.20. The summed E-state index contributed by atoms with van der Waals surface area (Å²) in [5, 5.41) is 13.8. The Morgan fingerprint density at radius 1 is 1.21 bits per heavy atom. The van der Waals surface area contributed by atoms with E-state index in [1.54, 1.807) is 56.3 Å². The number of nitrogens with zero attached hydrogens (tertiary/aromatic N) is 2. The molecule has 0 fully saturated rings. The van der Waals surface area contributed by atoms with Crippen LogP contribution >= 0.6 is 35.0 Å². The lowest BCUT2D eigenvalue weighted by molar-refractivity contribution is -0.115. The molecular formula is C20H19Cl2N3O3S. The number of hydrogen-bond donors (Lipinski definition) is 2. The van der Waals surface area contributed by atoms with E-state index in [4.69, 9.17) is 23.2 Å². The van der Waals surface area contributed by atoms with E-state index in [1.807, 2.05) is 0 Å². The summed E-state index contributed by atoms with van der Waals surface area (Å²) in [6.07, 6.45) is -0.755. The van der Waals surface area contributed by atoms with Crippen LogP contribution in [-0.2, 0) is 11.3 Å². The minimum Gasteiger partial charge on any atom is -0.392 e. The first kappa shape index (κ1) is 21.6. The number of aromatic nitrogens is 2. The second-order valence-electron chi connectivity index (χ2n) is 6.58. The van der Waals surface area contributed by atoms with Crippen molar-refractivity contribution in [1.82, 2.24) is 9.55 Å². The highest BCUT2D eigenvalue weighted by Crippen LogP contribution is 2.25. The van der Waals surface area contributed by atoms with E-state index in [2.05, 4.69) is 10.3 Å². The summed E-state index contributed by atoms with van der Waals surface area (Å²) < 4.78 is 1.38. The van der Waals surface area contributed by atoms with E-state index in [0.29, 0.717) is 31.8 Å². The van der Waals surface area contributed by atoms with Crippen molar-refractivity contribution >= 4 is 57.5 Å². The molecule has 0 aliphatic carbocycles. The number of aliphatic hydroxyl groups excluding tert-OH is 1. The molecule has 0 saturated carbocycles. The topological polar surface area (TPSA) is 84.2 Å². The minimum absolute atomic E-state index is 0.0648. The average Bonchev–Trinajstić information content (AvgIpc) is 2.64. The predicted molar refractivity (Wildman–Crippen MR) is 118 cm³/mol. The van der Waals surface area contributed by atoms with Gasteiger partial charge in [0.2, 0.25) is 5.91 Å². The van der Waals surface area contributed by atoms with Gasteiger partial charge in [-0.1, -0.05) is 41.0 Å². The van der Waals surface area contributed by atoms with Crippen LogP contribution in [0.4, 0.5) is 5.69 Å². The van der Waals surface area contributed by atoms with Crippen molar-refractivity contribution in [2.24, 2.45) is 0 Å². The molecule has 1 heterocycles.